The van der Waals surface area contributed by atoms with E-state index in [1.54, 1.807) is 30.0 Å². The first-order valence-electron chi connectivity index (χ1n) is 8.90. The first-order chi connectivity index (χ1) is 14.1. The molecule has 152 valence electrons. The topological polar surface area (TPSA) is 83.3 Å². The molecule has 1 aliphatic heterocycles. The van der Waals surface area contributed by atoms with Crippen molar-refractivity contribution >= 4 is 5.95 Å². The van der Waals surface area contributed by atoms with Gasteiger partial charge in [0, 0.05) is 5.56 Å². The van der Waals surface area contributed by atoms with Crippen molar-refractivity contribution in [2.45, 2.75) is 25.1 Å². The van der Waals surface area contributed by atoms with Crippen molar-refractivity contribution in [3.63, 3.8) is 0 Å². The number of alkyl halides is 2. The number of methoxy groups -OCH3 is 2. The number of rotatable bonds is 6. The van der Waals surface area contributed by atoms with Gasteiger partial charge in [0.1, 0.15) is 5.75 Å². The molecule has 2 atom stereocenters. The number of hydrogen-bond donors (Lipinski definition) is 1. The number of hydrogen-bond acceptors (Lipinski definition) is 7. The molecule has 1 aliphatic rings. The Balaban J connectivity index is 1.77. The lowest BCUT2D eigenvalue weighted by Crippen LogP contribution is -2.28. The summed E-state index contributed by atoms with van der Waals surface area (Å²) in [6.07, 6.45) is 0.498. The molecule has 1 N–H and O–H groups in total. The maximum absolute atomic E-state index is 13.1. The smallest absolute Gasteiger partial charge is 0.387 e. The second-order valence-electron chi connectivity index (χ2n) is 6.43. The average molecular weight is 403 g/mol. The van der Waals surface area contributed by atoms with Gasteiger partial charge in [0.15, 0.2) is 11.5 Å². The van der Waals surface area contributed by atoms with Crippen LogP contribution in [0.15, 0.2) is 42.5 Å². The normalized spacial score (nSPS) is 18.1. The molecule has 0 unspecified atom stereocenters. The van der Waals surface area contributed by atoms with E-state index in [4.69, 9.17) is 14.2 Å². The Labute approximate surface area is 165 Å². The number of benzene rings is 2. The summed E-state index contributed by atoms with van der Waals surface area (Å²) >= 11 is 0. The molecule has 10 heteroatoms. The predicted molar refractivity (Wildman–Crippen MR) is 99.6 cm³/mol. The molecule has 3 aromatic rings. The van der Waals surface area contributed by atoms with Crippen LogP contribution < -0.4 is 19.5 Å². The van der Waals surface area contributed by atoms with E-state index >= 15 is 0 Å². The highest BCUT2D eigenvalue weighted by Crippen LogP contribution is 2.44. The molecule has 2 aromatic carbocycles. The van der Waals surface area contributed by atoms with Crippen molar-refractivity contribution in [2.24, 2.45) is 0 Å². The van der Waals surface area contributed by atoms with Gasteiger partial charge < -0.3 is 19.5 Å². The highest BCUT2D eigenvalue weighted by Gasteiger charge is 2.34. The van der Waals surface area contributed by atoms with E-state index in [-0.39, 0.29) is 17.5 Å². The number of halogens is 2. The van der Waals surface area contributed by atoms with Crippen LogP contribution in [-0.2, 0) is 0 Å². The average Bonchev–Trinajstić information content (AvgIpc) is 3.21. The van der Waals surface area contributed by atoms with Gasteiger partial charge in [0.2, 0.25) is 5.95 Å². The summed E-state index contributed by atoms with van der Waals surface area (Å²) in [6, 6.07) is 12.0. The molecule has 0 saturated carbocycles. The summed E-state index contributed by atoms with van der Waals surface area (Å²) in [5.74, 6) is 1.34. The number of aromatic nitrogens is 4. The van der Waals surface area contributed by atoms with Gasteiger partial charge >= 0.3 is 6.61 Å². The van der Waals surface area contributed by atoms with Crippen molar-refractivity contribution in [1.29, 1.82) is 0 Å². The molecule has 0 amide bonds. The van der Waals surface area contributed by atoms with Crippen molar-refractivity contribution in [3.05, 3.63) is 53.6 Å². The molecule has 0 aliphatic carbocycles. The van der Waals surface area contributed by atoms with Gasteiger partial charge in [-0.15, -0.1) is 0 Å². The minimum absolute atomic E-state index is 0.0252. The van der Waals surface area contributed by atoms with Gasteiger partial charge in [-0.05, 0) is 40.6 Å². The summed E-state index contributed by atoms with van der Waals surface area (Å²) in [7, 11) is 3.00. The summed E-state index contributed by atoms with van der Waals surface area (Å²) in [5, 5.41) is 15.1. The number of nitrogens with one attached hydrogen (secondary N) is 1. The molecule has 2 heterocycles. The Morgan fingerprint density at radius 2 is 1.97 bits per heavy atom. The summed E-state index contributed by atoms with van der Waals surface area (Å²) in [5.41, 5.74) is 1.47. The van der Waals surface area contributed by atoms with E-state index in [2.05, 4.69) is 20.8 Å². The van der Waals surface area contributed by atoms with Gasteiger partial charge in [-0.1, -0.05) is 29.4 Å². The first kappa shape index (κ1) is 18.9. The maximum atomic E-state index is 13.1. The van der Waals surface area contributed by atoms with Gasteiger partial charge in [-0.2, -0.15) is 8.78 Å². The number of nitrogens with zero attached hydrogens (tertiary/aromatic N) is 4. The second kappa shape index (κ2) is 7.90. The fraction of sp³-hybridized carbons (Fsp3) is 0.316. The third kappa shape index (κ3) is 3.65. The molecule has 0 radical (unpaired) electrons. The van der Waals surface area contributed by atoms with Crippen molar-refractivity contribution in [3.8, 4) is 17.2 Å². The van der Waals surface area contributed by atoms with Crippen LogP contribution in [0.5, 0.6) is 17.2 Å². The Bertz CT molecular complexity index is 997. The largest absolute Gasteiger partial charge is 0.497 e. The van der Waals surface area contributed by atoms with Crippen LogP contribution in [0.4, 0.5) is 14.7 Å². The van der Waals surface area contributed by atoms with Crippen LogP contribution in [0, 0.1) is 0 Å². The van der Waals surface area contributed by atoms with E-state index in [0.29, 0.717) is 23.7 Å². The van der Waals surface area contributed by atoms with Gasteiger partial charge in [0.05, 0.1) is 26.3 Å². The Morgan fingerprint density at radius 1 is 1.14 bits per heavy atom. The van der Waals surface area contributed by atoms with E-state index in [1.165, 1.54) is 7.11 Å². The van der Waals surface area contributed by atoms with E-state index in [1.807, 2.05) is 24.3 Å². The highest BCUT2D eigenvalue weighted by molar-refractivity contribution is 5.50. The van der Waals surface area contributed by atoms with Crippen LogP contribution in [0.2, 0.25) is 0 Å². The minimum Gasteiger partial charge on any atom is -0.497 e. The standard InChI is InChI=1S/C19H19F2N5O3/c1-27-12-6-3-5-11(9-12)14-10-15(26-19(22-14)23-24-25-26)13-7-4-8-16(28-2)17(13)29-18(20)21/h3-9,14-15,18H,10H2,1-2H3,(H,22,23,25)/t14-,15+/m0/s1. The minimum atomic E-state index is -2.99. The number of para-hydroxylation sites is 1. The zero-order valence-electron chi connectivity index (χ0n) is 15.8. The lowest BCUT2D eigenvalue weighted by Gasteiger charge is -2.32. The summed E-state index contributed by atoms with van der Waals surface area (Å²) in [6.45, 7) is -2.99. The lowest BCUT2D eigenvalue weighted by atomic mass is 9.92. The fourth-order valence-corrected chi connectivity index (χ4v) is 3.54. The summed E-state index contributed by atoms with van der Waals surface area (Å²) < 4.78 is 43.1. The number of anilines is 1. The molecular weight excluding hydrogens is 384 g/mol. The molecular formula is C19H19F2N5O3. The molecule has 29 heavy (non-hydrogen) atoms. The van der Waals surface area contributed by atoms with E-state index in [9.17, 15) is 8.78 Å². The monoisotopic (exact) mass is 403 g/mol. The molecule has 8 nitrogen and oxygen atoms in total. The fourth-order valence-electron chi connectivity index (χ4n) is 3.54. The highest BCUT2D eigenvalue weighted by atomic mass is 19.3. The molecule has 0 fully saturated rings. The zero-order chi connectivity index (χ0) is 20.4. The van der Waals surface area contributed by atoms with Crippen LogP contribution >= 0.6 is 0 Å². The zero-order valence-corrected chi connectivity index (χ0v) is 15.8. The van der Waals surface area contributed by atoms with Crippen LogP contribution in [0.1, 0.15) is 29.6 Å². The van der Waals surface area contributed by atoms with Crippen LogP contribution in [0.25, 0.3) is 0 Å². The third-order valence-electron chi connectivity index (χ3n) is 4.84. The first-order valence-corrected chi connectivity index (χ1v) is 8.90. The third-order valence-corrected chi connectivity index (χ3v) is 4.84. The SMILES string of the molecule is COc1cccc([C@@H]2C[C@H](c3cccc(OC)c3OC(F)F)n3nnnc3N2)c1. The molecule has 4 rings (SSSR count). The van der Waals surface area contributed by atoms with Crippen molar-refractivity contribution in [2.75, 3.05) is 19.5 Å². The summed E-state index contributed by atoms with van der Waals surface area (Å²) in [4.78, 5) is 0. The quantitative estimate of drug-likeness (QED) is 0.675. The number of ether oxygens (including phenoxy) is 3. The molecule has 1 aromatic heterocycles. The van der Waals surface area contributed by atoms with Crippen molar-refractivity contribution < 1.29 is 23.0 Å². The molecule has 0 spiro atoms. The van der Waals surface area contributed by atoms with E-state index < -0.39 is 12.7 Å². The second-order valence-corrected chi connectivity index (χ2v) is 6.43. The Kier molecular flexibility index (Phi) is 5.15. The van der Waals surface area contributed by atoms with Crippen molar-refractivity contribution in [1.82, 2.24) is 20.2 Å². The Hall–Kier alpha value is -3.43. The lowest BCUT2D eigenvalue weighted by molar-refractivity contribution is -0.0521. The number of tetrazole rings is 1. The molecule has 0 bridgehead atoms. The predicted octanol–water partition coefficient (Wildman–Crippen LogP) is 3.44. The van der Waals surface area contributed by atoms with Crippen LogP contribution in [0.3, 0.4) is 0 Å². The van der Waals surface area contributed by atoms with Gasteiger partial charge in [0.25, 0.3) is 0 Å². The Morgan fingerprint density at radius 3 is 2.72 bits per heavy atom. The maximum Gasteiger partial charge on any atom is 0.387 e. The van der Waals surface area contributed by atoms with Gasteiger partial charge in [-0.3, -0.25) is 0 Å². The van der Waals surface area contributed by atoms with Gasteiger partial charge in [-0.25, -0.2) is 4.68 Å². The number of fused-ring (bicyclic) bond motifs is 1. The van der Waals surface area contributed by atoms with Crippen LogP contribution in [-0.4, -0.2) is 41.0 Å². The van der Waals surface area contributed by atoms with E-state index in [0.717, 1.165) is 5.56 Å². The molecule has 0 saturated heterocycles.